The predicted molar refractivity (Wildman–Crippen MR) is 76.7 cm³/mol. The van der Waals surface area contributed by atoms with Crippen LogP contribution in [0.4, 0.5) is 0 Å². The summed E-state index contributed by atoms with van der Waals surface area (Å²) in [5.74, 6) is 0.344. The quantitative estimate of drug-likeness (QED) is 0.831. The van der Waals surface area contributed by atoms with Crippen LogP contribution in [-0.4, -0.2) is 11.6 Å². The van der Waals surface area contributed by atoms with Gasteiger partial charge in [-0.3, -0.25) is 4.79 Å². The highest BCUT2D eigenvalue weighted by Gasteiger charge is 2.16. The summed E-state index contributed by atoms with van der Waals surface area (Å²) in [5.41, 5.74) is 4.40. The van der Waals surface area contributed by atoms with Crippen LogP contribution in [0.5, 0.6) is 0 Å². The second-order valence-electron chi connectivity index (χ2n) is 4.70. The number of hydrazone groups is 1. The zero-order valence-electron chi connectivity index (χ0n) is 10.4. The fourth-order valence-electron chi connectivity index (χ4n) is 2.12. The molecule has 1 atom stereocenters. The van der Waals surface area contributed by atoms with Crippen molar-refractivity contribution < 1.29 is 4.79 Å². The van der Waals surface area contributed by atoms with Crippen molar-refractivity contribution in [2.24, 2.45) is 11.0 Å². The van der Waals surface area contributed by atoms with Gasteiger partial charge in [-0.25, -0.2) is 5.43 Å². The molecule has 0 saturated heterocycles. The van der Waals surface area contributed by atoms with Gasteiger partial charge in [0, 0.05) is 15.7 Å². The number of nitrogens with zero attached hydrogens (tertiary/aromatic N) is 1. The molecule has 3 nitrogen and oxygen atoms in total. The third-order valence-corrected chi connectivity index (χ3v) is 3.83. The number of rotatable bonds is 2. The van der Waals surface area contributed by atoms with Gasteiger partial charge >= 0.3 is 0 Å². The van der Waals surface area contributed by atoms with Crippen LogP contribution in [0.1, 0.15) is 43.0 Å². The fraction of sp³-hybridized carbons (Fsp3) is 0.429. The smallest absolute Gasteiger partial charge is 0.267 e. The van der Waals surface area contributed by atoms with E-state index < -0.39 is 0 Å². The number of halogens is 1. The molecule has 0 heterocycles. The Kier molecular flexibility index (Phi) is 4.53. The van der Waals surface area contributed by atoms with Gasteiger partial charge in [0.1, 0.15) is 0 Å². The largest absolute Gasteiger partial charge is 0.271 e. The van der Waals surface area contributed by atoms with E-state index in [1.54, 1.807) is 12.1 Å². The Morgan fingerprint density at radius 1 is 1.33 bits per heavy atom. The lowest BCUT2D eigenvalue weighted by Gasteiger charge is -2.19. The molecule has 0 bridgehead atoms. The first-order valence-corrected chi connectivity index (χ1v) is 7.08. The Morgan fingerprint density at radius 3 is 2.72 bits per heavy atom. The Balaban J connectivity index is 1.99. The van der Waals surface area contributed by atoms with Crippen molar-refractivity contribution in [2.75, 3.05) is 0 Å². The van der Waals surface area contributed by atoms with Crippen molar-refractivity contribution in [1.29, 1.82) is 0 Å². The molecule has 1 saturated carbocycles. The molecule has 0 unspecified atom stereocenters. The lowest BCUT2D eigenvalue weighted by atomic mass is 9.89. The van der Waals surface area contributed by atoms with Gasteiger partial charge in [-0.2, -0.15) is 5.10 Å². The van der Waals surface area contributed by atoms with Gasteiger partial charge in [-0.05, 0) is 49.4 Å². The van der Waals surface area contributed by atoms with E-state index in [0.717, 1.165) is 16.6 Å². The Morgan fingerprint density at radius 2 is 2.06 bits per heavy atom. The topological polar surface area (TPSA) is 41.5 Å². The highest BCUT2D eigenvalue weighted by molar-refractivity contribution is 9.10. The highest BCUT2D eigenvalue weighted by atomic mass is 79.9. The van der Waals surface area contributed by atoms with E-state index >= 15 is 0 Å². The summed E-state index contributed by atoms with van der Waals surface area (Å²) in [6.45, 7) is 2.17. The molecule has 96 valence electrons. The maximum atomic E-state index is 11.9. The van der Waals surface area contributed by atoms with Gasteiger partial charge in [0.2, 0.25) is 0 Å². The molecule has 0 spiro atoms. The van der Waals surface area contributed by atoms with Crippen molar-refractivity contribution in [3.63, 3.8) is 0 Å². The van der Waals surface area contributed by atoms with E-state index in [1.807, 2.05) is 12.1 Å². The minimum Gasteiger partial charge on any atom is -0.267 e. The first-order valence-electron chi connectivity index (χ1n) is 6.29. The Labute approximate surface area is 116 Å². The molecule has 1 aromatic carbocycles. The van der Waals surface area contributed by atoms with Gasteiger partial charge in [0.05, 0.1) is 0 Å². The lowest BCUT2D eigenvalue weighted by molar-refractivity contribution is 0.0954. The predicted octanol–water partition coefficient (Wildman–Crippen LogP) is 3.75. The Bertz CT molecular complexity index is 453. The van der Waals surface area contributed by atoms with Gasteiger partial charge in [-0.15, -0.1) is 0 Å². The van der Waals surface area contributed by atoms with Crippen LogP contribution in [0.15, 0.2) is 33.8 Å². The zero-order valence-corrected chi connectivity index (χ0v) is 12.0. The molecule has 4 heteroatoms. The van der Waals surface area contributed by atoms with Crippen LogP contribution in [0.25, 0.3) is 0 Å². The maximum Gasteiger partial charge on any atom is 0.271 e. The molecule has 0 radical (unpaired) electrons. The molecule has 1 fully saturated rings. The van der Waals surface area contributed by atoms with Gasteiger partial charge in [0.15, 0.2) is 0 Å². The molecule has 1 aliphatic carbocycles. The summed E-state index contributed by atoms with van der Waals surface area (Å²) < 4.78 is 0.964. The SMILES string of the molecule is C[C@@H]1CCCC/C1=N/NC(=O)c1ccc(Br)cc1. The van der Waals surface area contributed by atoms with Crippen LogP contribution in [-0.2, 0) is 0 Å². The molecule has 18 heavy (non-hydrogen) atoms. The summed E-state index contributed by atoms with van der Waals surface area (Å²) in [7, 11) is 0. The van der Waals surface area contributed by atoms with E-state index in [4.69, 9.17) is 0 Å². The van der Waals surface area contributed by atoms with Crippen molar-refractivity contribution in [3.8, 4) is 0 Å². The zero-order chi connectivity index (χ0) is 13.0. The summed E-state index contributed by atoms with van der Waals surface area (Å²) in [5, 5.41) is 4.27. The van der Waals surface area contributed by atoms with E-state index in [1.165, 1.54) is 19.3 Å². The van der Waals surface area contributed by atoms with Crippen LogP contribution in [0, 0.1) is 5.92 Å². The van der Waals surface area contributed by atoms with Crippen LogP contribution < -0.4 is 5.43 Å². The van der Waals surface area contributed by atoms with E-state index in [-0.39, 0.29) is 5.91 Å². The number of hydrogen-bond acceptors (Lipinski definition) is 2. The van der Waals surface area contributed by atoms with Crippen molar-refractivity contribution in [3.05, 3.63) is 34.3 Å². The van der Waals surface area contributed by atoms with Crippen molar-refractivity contribution in [1.82, 2.24) is 5.43 Å². The van der Waals surface area contributed by atoms with E-state index in [0.29, 0.717) is 11.5 Å². The monoisotopic (exact) mass is 308 g/mol. The lowest BCUT2D eigenvalue weighted by Crippen LogP contribution is -2.24. The second-order valence-corrected chi connectivity index (χ2v) is 5.61. The molecule has 2 rings (SSSR count). The fourth-order valence-corrected chi connectivity index (χ4v) is 2.39. The normalized spacial score (nSPS) is 21.9. The summed E-state index contributed by atoms with van der Waals surface area (Å²) >= 11 is 3.34. The molecule has 1 aromatic rings. The summed E-state index contributed by atoms with van der Waals surface area (Å²) in [6.07, 6.45) is 4.62. The van der Waals surface area contributed by atoms with E-state index in [9.17, 15) is 4.79 Å². The molecule has 0 aliphatic heterocycles. The molecule has 1 amide bonds. The number of benzene rings is 1. The van der Waals surface area contributed by atoms with Crippen molar-refractivity contribution in [2.45, 2.75) is 32.6 Å². The van der Waals surface area contributed by atoms with Crippen LogP contribution >= 0.6 is 15.9 Å². The number of amides is 1. The number of carbonyl (C=O) groups excluding carboxylic acids is 1. The number of carbonyl (C=O) groups is 1. The van der Waals surface area contributed by atoms with Crippen LogP contribution in [0.3, 0.4) is 0 Å². The summed E-state index contributed by atoms with van der Waals surface area (Å²) in [4.78, 5) is 11.9. The average Bonchev–Trinajstić information content (AvgIpc) is 2.38. The maximum absolute atomic E-state index is 11.9. The number of nitrogens with one attached hydrogen (secondary N) is 1. The standard InChI is InChI=1S/C14H17BrN2O/c1-10-4-2-3-5-13(10)16-17-14(18)11-6-8-12(15)9-7-11/h6-10H,2-5H2,1H3,(H,17,18)/b16-13-/t10-/m1/s1. The molecular weight excluding hydrogens is 292 g/mol. The average molecular weight is 309 g/mol. The second kappa shape index (κ2) is 6.14. The van der Waals surface area contributed by atoms with Gasteiger partial charge in [-0.1, -0.05) is 29.3 Å². The first-order chi connectivity index (χ1) is 8.66. The number of hydrogen-bond donors (Lipinski definition) is 1. The van der Waals surface area contributed by atoms with E-state index in [2.05, 4.69) is 33.4 Å². The molecular formula is C14H17BrN2O. The molecule has 0 aromatic heterocycles. The molecule has 1 aliphatic rings. The minimum absolute atomic E-state index is 0.146. The third kappa shape index (κ3) is 3.42. The Hall–Kier alpha value is -1.16. The highest BCUT2D eigenvalue weighted by Crippen LogP contribution is 2.20. The van der Waals surface area contributed by atoms with Gasteiger partial charge < -0.3 is 0 Å². The molecule has 1 N–H and O–H groups in total. The van der Waals surface area contributed by atoms with Gasteiger partial charge in [0.25, 0.3) is 5.91 Å². The first kappa shape index (κ1) is 13.3. The minimum atomic E-state index is -0.146. The van der Waals surface area contributed by atoms with Crippen LogP contribution in [0.2, 0.25) is 0 Å². The third-order valence-electron chi connectivity index (χ3n) is 3.30. The summed E-state index contributed by atoms with van der Waals surface area (Å²) in [6, 6.07) is 7.27. The van der Waals surface area contributed by atoms with Crippen molar-refractivity contribution >= 4 is 27.5 Å².